The lowest BCUT2D eigenvalue weighted by Gasteiger charge is -2.28. The van der Waals surface area contributed by atoms with Gasteiger partial charge in [-0.25, -0.2) is 31.8 Å². The molecule has 8 rings (SSSR count). The molecule has 2 saturated carbocycles. The highest BCUT2D eigenvalue weighted by Crippen LogP contribution is 2.50. The average Bonchev–Trinajstić information content (AvgIpc) is 4.09. The van der Waals surface area contributed by atoms with Crippen molar-refractivity contribution in [2.24, 2.45) is 7.05 Å². The molecule has 3 aromatic heterocycles. The van der Waals surface area contributed by atoms with Gasteiger partial charge in [-0.15, -0.1) is 0 Å². The SMILES string of the molecule is COc1ccc(CN(c2cc(C3CC3)n(C3CCCCO3)n2)c2nc(N(C)c3c(F)cc(S(C)(=O)=O)cc3F)nc(-c3cn(C)cn3)c2C2CC2)cc1. The molecule has 1 unspecified atom stereocenters. The topological polar surface area (TPSA) is 120 Å². The number of ether oxygens (including phenoxy) is 2. The summed E-state index contributed by atoms with van der Waals surface area (Å²) in [6, 6.07) is 11.6. The first kappa shape index (κ1) is 35.2. The summed E-state index contributed by atoms with van der Waals surface area (Å²) in [6.45, 7) is 1.04. The van der Waals surface area contributed by atoms with E-state index in [1.54, 1.807) is 13.4 Å². The minimum absolute atomic E-state index is 0.00662. The summed E-state index contributed by atoms with van der Waals surface area (Å²) in [4.78, 5) is 17.6. The number of sulfone groups is 1. The summed E-state index contributed by atoms with van der Waals surface area (Å²) in [5.41, 5.74) is 3.61. The van der Waals surface area contributed by atoms with Crippen LogP contribution in [-0.2, 0) is 28.2 Å². The molecule has 0 radical (unpaired) electrons. The van der Waals surface area contributed by atoms with E-state index in [1.807, 2.05) is 46.8 Å². The van der Waals surface area contributed by atoms with Crippen molar-refractivity contribution in [2.45, 2.75) is 74.4 Å². The van der Waals surface area contributed by atoms with Crippen molar-refractivity contribution in [2.75, 3.05) is 36.8 Å². The Bertz CT molecular complexity index is 2240. The number of benzene rings is 2. The normalized spacial score (nSPS) is 17.6. The van der Waals surface area contributed by atoms with Crippen molar-refractivity contribution < 1.29 is 26.7 Å². The molecule has 0 bridgehead atoms. The number of methoxy groups -OCH3 is 1. The Hall–Kier alpha value is -4.89. The average molecular weight is 745 g/mol. The zero-order valence-electron chi connectivity index (χ0n) is 30.2. The lowest BCUT2D eigenvalue weighted by molar-refractivity contribution is -0.0410. The smallest absolute Gasteiger partial charge is 0.232 e. The fourth-order valence-electron chi connectivity index (χ4n) is 6.99. The van der Waals surface area contributed by atoms with Gasteiger partial charge in [0.15, 0.2) is 33.5 Å². The van der Waals surface area contributed by atoms with Crippen molar-refractivity contribution in [3.63, 3.8) is 0 Å². The molecular formula is C38H42F2N8O4S. The second-order valence-electron chi connectivity index (χ2n) is 14.3. The number of anilines is 4. The highest BCUT2D eigenvalue weighted by molar-refractivity contribution is 7.90. The molecule has 3 fully saturated rings. The largest absolute Gasteiger partial charge is 0.497 e. The number of hydrogen-bond donors (Lipinski definition) is 0. The number of rotatable bonds is 12. The molecule has 2 aliphatic carbocycles. The van der Waals surface area contributed by atoms with Crippen LogP contribution in [0, 0.1) is 11.6 Å². The fourth-order valence-corrected chi connectivity index (χ4v) is 7.63. The van der Waals surface area contributed by atoms with Crippen LogP contribution in [0.4, 0.5) is 32.1 Å². The van der Waals surface area contributed by atoms with Crippen molar-refractivity contribution in [1.82, 2.24) is 29.3 Å². The number of aromatic nitrogens is 6. The molecular weight excluding hydrogens is 703 g/mol. The lowest BCUT2D eigenvalue weighted by atomic mass is 10.1. The maximum Gasteiger partial charge on any atom is 0.232 e. The van der Waals surface area contributed by atoms with Gasteiger partial charge in [-0.3, -0.25) is 0 Å². The molecule has 15 heteroatoms. The van der Waals surface area contributed by atoms with E-state index in [4.69, 9.17) is 24.5 Å². The predicted molar refractivity (Wildman–Crippen MR) is 196 cm³/mol. The van der Waals surface area contributed by atoms with E-state index in [9.17, 15) is 8.42 Å². The molecule has 4 heterocycles. The van der Waals surface area contributed by atoms with Gasteiger partial charge in [0.25, 0.3) is 0 Å². The Kier molecular flexibility index (Phi) is 9.17. The van der Waals surface area contributed by atoms with Gasteiger partial charge in [-0.1, -0.05) is 12.1 Å². The third kappa shape index (κ3) is 7.11. The Morgan fingerprint density at radius 3 is 2.28 bits per heavy atom. The fraction of sp³-hybridized carbons (Fsp3) is 0.421. The van der Waals surface area contributed by atoms with E-state index in [0.717, 1.165) is 85.9 Å². The van der Waals surface area contributed by atoms with Crippen LogP contribution in [0.1, 0.15) is 79.8 Å². The Labute approximate surface area is 307 Å². The van der Waals surface area contributed by atoms with Gasteiger partial charge in [-0.2, -0.15) is 10.1 Å². The molecule has 12 nitrogen and oxygen atoms in total. The van der Waals surface area contributed by atoms with Gasteiger partial charge in [0.05, 0.1) is 24.9 Å². The van der Waals surface area contributed by atoms with Gasteiger partial charge in [0, 0.05) is 56.4 Å². The Morgan fingerprint density at radius 2 is 1.70 bits per heavy atom. The maximum absolute atomic E-state index is 15.7. The van der Waals surface area contributed by atoms with Crippen LogP contribution < -0.4 is 14.5 Å². The lowest BCUT2D eigenvalue weighted by Crippen LogP contribution is -2.25. The van der Waals surface area contributed by atoms with Crippen LogP contribution >= 0.6 is 0 Å². The number of hydrogen-bond acceptors (Lipinski definition) is 10. The van der Waals surface area contributed by atoms with Crippen molar-refractivity contribution >= 4 is 33.1 Å². The highest BCUT2D eigenvalue weighted by atomic mass is 32.2. The molecule has 53 heavy (non-hydrogen) atoms. The molecule has 1 saturated heterocycles. The summed E-state index contributed by atoms with van der Waals surface area (Å²) < 4.78 is 71.4. The molecule has 5 aromatic rings. The van der Waals surface area contributed by atoms with Gasteiger partial charge in [0.2, 0.25) is 5.95 Å². The van der Waals surface area contributed by atoms with Crippen LogP contribution in [0.25, 0.3) is 11.4 Å². The minimum atomic E-state index is -3.87. The number of nitrogens with zero attached hydrogens (tertiary/aromatic N) is 8. The van der Waals surface area contributed by atoms with Crippen molar-refractivity contribution in [3.05, 3.63) is 83.4 Å². The number of aryl methyl sites for hydroxylation is 1. The zero-order valence-corrected chi connectivity index (χ0v) is 31.0. The van der Waals surface area contributed by atoms with Crippen molar-refractivity contribution in [1.29, 1.82) is 0 Å². The van der Waals surface area contributed by atoms with E-state index in [1.165, 1.54) is 11.9 Å². The highest BCUT2D eigenvalue weighted by Gasteiger charge is 2.38. The van der Waals surface area contributed by atoms with Gasteiger partial charge in [0.1, 0.15) is 28.6 Å². The first-order valence-electron chi connectivity index (χ1n) is 17.9. The number of imidazole rings is 1. The molecule has 2 aromatic carbocycles. The summed E-state index contributed by atoms with van der Waals surface area (Å²) >= 11 is 0. The second kappa shape index (κ2) is 13.8. The molecule has 1 atom stereocenters. The zero-order chi connectivity index (χ0) is 37.0. The third-order valence-electron chi connectivity index (χ3n) is 10.1. The summed E-state index contributed by atoms with van der Waals surface area (Å²) in [5, 5.41) is 5.24. The molecule has 0 amide bonds. The first-order valence-corrected chi connectivity index (χ1v) is 19.8. The molecule has 278 valence electrons. The number of halogens is 2. The van der Waals surface area contributed by atoms with Gasteiger partial charge < -0.3 is 23.8 Å². The maximum atomic E-state index is 15.7. The molecule has 0 N–H and O–H groups in total. The van der Waals surface area contributed by atoms with Gasteiger partial charge in [-0.05, 0) is 80.7 Å². The summed E-state index contributed by atoms with van der Waals surface area (Å²) in [6.07, 6.45) is 11.2. The molecule has 0 spiro atoms. The van der Waals surface area contributed by atoms with Crippen LogP contribution in [0.3, 0.4) is 0 Å². The van der Waals surface area contributed by atoms with Crippen LogP contribution in [0.2, 0.25) is 0 Å². The van der Waals surface area contributed by atoms with E-state index in [-0.39, 0.29) is 18.1 Å². The molecule has 3 aliphatic rings. The quantitative estimate of drug-likeness (QED) is 0.129. The first-order chi connectivity index (χ1) is 25.5. The van der Waals surface area contributed by atoms with E-state index in [0.29, 0.717) is 42.1 Å². The standard InChI is InChI=1S/C38H42F2N8O4S/c1-45-21-30(41-22-45)35-34(25-12-13-25)37(43-38(42-35)46(2)36-28(39)17-27(18-29(36)40)53(4,49)50)47(20-23-8-14-26(51-3)15-9-23)32-19-31(24-10-11-24)48(44-32)33-7-5-6-16-52-33/h8-9,14-15,17-19,21-22,24-25,33H,5-7,10-13,16,20H2,1-4H3. The van der Waals surface area contributed by atoms with Crippen molar-refractivity contribution in [3.8, 4) is 17.1 Å². The monoisotopic (exact) mass is 744 g/mol. The molecule has 1 aliphatic heterocycles. The van der Waals surface area contributed by atoms with E-state index >= 15 is 8.78 Å². The predicted octanol–water partition coefficient (Wildman–Crippen LogP) is 7.32. The van der Waals surface area contributed by atoms with Crippen LogP contribution in [0.15, 0.2) is 59.9 Å². The second-order valence-corrected chi connectivity index (χ2v) is 16.3. The van der Waals surface area contributed by atoms with E-state index in [2.05, 4.69) is 16.0 Å². The summed E-state index contributed by atoms with van der Waals surface area (Å²) in [7, 11) is 1.09. The third-order valence-corrected chi connectivity index (χ3v) is 11.2. The minimum Gasteiger partial charge on any atom is -0.497 e. The summed E-state index contributed by atoms with van der Waals surface area (Å²) in [5.74, 6) is 0.339. The van der Waals surface area contributed by atoms with Crippen LogP contribution in [0.5, 0.6) is 5.75 Å². The van der Waals surface area contributed by atoms with E-state index < -0.39 is 32.1 Å². The van der Waals surface area contributed by atoms with Crippen LogP contribution in [-0.4, -0.2) is 64.7 Å². The Morgan fingerprint density at radius 1 is 0.981 bits per heavy atom. The Balaban J connectivity index is 1.34. The van der Waals surface area contributed by atoms with Gasteiger partial charge >= 0.3 is 0 Å².